The average Bonchev–Trinajstić information content (AvgIpc) is 2.25. The zero-order valence-electron chi connectivity index (χ0n) is 9.28. The van der Waals surface area contributed by atoms with E-state index in [2.05, 4.69) is 15.9 Å². The Morgan fingerprint density at radius 3 is 2.33 bits per heavy atom. The standard InChI is InChI=1S/C9H11BrF3NO4/c1-18-6-4(10)2-3-5(7(15)16)14(6)8(17)9(11,12)13/h4-6H,2-3H2,1H3,(H,15,16). The van der Waals surface area contributed by atoms with Crippen LogP contribution in [-0.4, -0.2) is 52.3 Å². The Morgan fingerprint density at radius 2 is 1.94 bits per heavy atom. The van der Waals surface area contributed by atoms with E-state index in [4.69, 9.17) is 9.84 Å². The number of likely N-dealkylation sites (tertiary alicyclic amines) is 1. The molecule has 0 aliphatic carbocycles. The zero-order valence-corrected chi connectivity index (χ0v) is 10.9. The molecule has 1 N–H and O–H groups in total. The molecule has 1 rings (SSSR count). The SMILES string of the molecule is COC1C(Br)CCC(C(=O)O)N1C(=O)C(F)(F)F. The minimum atomic E-state index is -5.13. The molecule has 0 saturated carbocycles. The van der Waals surface area contributed by atoms with Crippen LogP contribution in [0.2, 0.25) is 0 Å². The van der Waals surface area contributed by atoms with E-state index >= 15 is 0 Å². The van der Waals surface area contributed by atoms with Crippen molar-refractivity contribution in [2.75, 3.05) is 7.11 Å². The number of halogens is 4. The topological polar surface area (TPSA) is 66.8 Å². The van der Waals surface area contributed by atoms with Gasteiger partial charge in [0.1, 0.15) is 12.3 Å². The Bertz CT molecular complexity index is 349. The second-order valence-corrected chi connectivity index (χ2v) is 4.96. The zero-order chi connectivity index (χ0) is 14.1. The number of piperidine rings is 1. The highest BCUT2D eigenvalue weighted by Crippen LogP contribution is 2.32. The van der Waals surface area contributed by atoms with Crippen LogP contribution in [0.3, 0.4) is 0 Å². The number of carboxylic acid groups (broad SMARTS) is 1. The van der Waals surface area contributed by atoms with Crippen LogP contribution in [0.4, 0.5) is 13.2 Å². The van der Waals surface area contributed by atoms with Gasteiger partial charge in [-0.2, -0.15) is 13.2 Å². The van der Waals surface area contributed by atoms with Crippen LogP contribution >= 0.6 is 15.9 Å². The van der Waals surface area contributed by atoms with Crippen molar-refractivity contribution in [3.05, 3.63) is 0 Å². The number of alkyl halides is 4. The molecule has 0 bridgehead atoms. The van der Waals surface area contributed by atoms with Crippen molar-refractivity contribution in [2.24, 2.45) is 0 Å². The molecule has 1 heterocycles. The normalized spacial score (nSPS) is 29.2. The molecular formula is C9H11BrF3NO4. The number of aliphatic carboxylic acids is 1. The molecule has 9 heteroatoms. The predicted octanol–water partition coefficient (Wildman–Crippen LogP) is 1.36. The lowest BCUT2D eigenvalue weighted by molar-refractivity contribution is -0.205. The molecular weight excluding hydrogens is 323 g/mol. The van der Waals surface area contributed by atoms with E-state index in [9.17, 15) is 22.8 Å². The van der Waals surface area contributed by atoms with Gasteiger partial charge in [0.2, 0.25) is 0 Å². The minimum absolute atomic E-state index is 0.0626. The summed E-state index contributed by atoms with van der Waals surface area (Å²) in [5.41, 5.74) is 0. The van der Waals surface area contributed by atoms with E-state index in [0.717, 1.165) is 7.11 Å². The van der Waals surface area contributed by atoms with Crippen LogP contribution in [0.15, 0.2) is 0 Å². The summed E-state index contributed by atoms with van der Waals surface area (Å²) in [5, 5.41) is 8.89. The van der Waals surface area contributed by atoms with Gasteiger partial charge in [-0.15, -0.1) is 0 Å². The maximum Gasteiger partial charge on any atom is 0.471 e. The first-order chi connectivity index (χ1) is 8.20. The largest absolute Gasteiger partial charge is 0.480 e. The lowest BCUT2D eigenvalue weighted by atomic mass is 10.0. The van der Waals surface area contributed by atoms with Crippen LogP contribution in [0.1, 0.15) is 12.8 Å². The van der Waals surface area contributed by atoms with Gasteiger partial charge in [-0.05, 0) is 12.8 Å². The second kappa shape index (κ2) is 5.43. The number of ether oxygens (including phenoxy) is 1. The van der Waals surface area contributed by atoms with Crippen molar-refractivity contribution < 1.29 is 32.6 Å². The van der Waals surface area contributed by atoms with E-state index in [1.165, 1.54) is 0 Å². The maximum atomic E-state index is 12.5. The second-order valence-electron chi connectivity index (χ2n) is 3.78. The van der Waals surface area contributed by atoms with Gasteiger partial charge in [0.05, 0.1) is 4.83 Å². The summed E-state index contributed by atoms with van der Waals surface area (Å²) in [6, 6.07) is -1.53. The van der Waals surface area contributed by atoms with Crippen LogP contribution in [0.25, 0.3) is 0 Å². The molecule has 0 spiro atoms. The molecule has 0 aromatic carbocycles. The Balaban J connectivity index is 3.09. The summed E-state index contributed by atoms with van der Waals surface area (Å²) in [6.45, 7) is 0. The Kier molecular flexibility index (Phi) is 4.60. The highest BCUT2D eigenvalue weighted by atomic mass is 79.9. The lowest BCUT2D eigenvalue weighted by Crippen LogP contribution is -2.60. The monoisotopic (exact) mass is 333 g/mol. The molecule has 1 aliphatic heterocycles. The van der Waals surface area contributed by atoms with Crippen molar-refractivity contribution >= 4 is 27.8 Å². The minimum Gasteiger partial charge on any atom is -0.480 e. The van der Waals surface area contributed by atoms with E-state index < -0.39 is 35.1 Å². The molecule has 1 amide bonds. The van der Waals surface area contributed by atoms with Crippen LogP contribution in [-0.2, 0) is 14.3 Å². The smallest absolute Gasteiger partial charge is 0.471 e. The molecule has 1 aliphatic rings. The summed E-state index contributed by atoms with van der Waals surface area (Å²) in [7, 11) is 1.12. The number of rotatable bonds is 2. The number of carboxylic acids is 1. The summed E-state index contributed by atoms with van der Waals surface area (Å²) < 4.78 is 42.2. The van der Waals surface area contributed by atoms with Gasteiger partial charge < -0.3 is 9.84 Å². The number of hydrogen-bond donors (Lipinski definition) is 1. The highest BCUT2D eigenvalue weighted by Gasteiger charge is 2.52. The Morgan fingerprint density at radius 1 is 1.39 bits per heavy atom. The first-order valence-corrected chi connectivity index (χ1v) is 5.91. The highest BCUT2D eigenvalue weighted by molar-refractivity contribution is 9.09. The van der Waals surface area contributed by atoms with Crippen molar-refractivity contribution in [3.63, 3.8) is 0 Å². The Labute approximate surface area is 109 Å². The molecule has 0 aromatic rings. The third kappa shape index (κ3) is 2.94. The third-order valence-electron chi connectivity index (χ3n) is 2.64. The molecule has 3 atom stereocenters. The number of carbonyl (C=O) groups is 2. The fourth-order valence-electron chi connectivity index (χ4n) is 1.86. The fourth-order valence-corrected chi connectivity index (χ4v) is 2.59. The first-order valence-electron chi connectivity index (χ1n) is 4.99. The fraction of sp³-hybridized carbons (Fsp3) is 0.778. The van der Waals surface area contributed by atoms with Gasteiger partial charge in [-0.25, -0.2) is 4.79 Å². The Hall–Kier alpha value is -0.830. The predicted molar refractivity (Wildman–Crippen MR) is 57.1 cm³/mol. The molecule has 104 valence electrons. The molecule has 5 nitrogen and oxygen atoms in total. The summed E-state index contributed by atoms with van der Waals surface area (Å²) >= 11 is 3.09. The van der Waals surface area contributed by atoms with Crippen molar-refractivity contribution in [3.8, 4) is 0 Å². The number of carbonyl (C=O) groups excluding carboxylic acids is 1. The molecule has 0 aromatic heterocycles. The number of amides is 1. The summed E-state index contributed by atoms with van der Waals surface area (Å²) in [6.07, 6.45) is -6.15. The van der Waals surface area contributed by atoms with Gasteiger partial charge >= 0.3 is 18.1 Å². The average molecular weight is 334 g/mol. The number of methoxy groups -OCH3 is 1. The number of nitrogens with zero attached hydrogens (tertiary/aromatic N) is 1. The third-order valence-corrected chi connectivity index (χ3v) is 3.55. The van der Waals surface area contributed by atoms with E-state index in [1.807, 2.05) is 0 Å². The maximum absolute atomic E-state index is 12.5. The molecule has 1 saturated heterocycles. The molecule has 3 unspecified atom stereocenters. The summed E-state index contributed by atoms with van der Waals surface area (Å²) in [4.78, 5) is 21.9. The van der Waals surface area contributed by atoms with Gasteiger partial charge in [-0.1, -0.05) is 15.9 Å². The molecule has 0 radical (unpaired) electrons. The van der Waals surface area contributed by atoms with Crippen LogP contribution in [0.5, 0.6) is 0 Å². The summed E-state index contributed by atoms with van der Waals surface area (Å²) in [5.74, 6) is -3.68. The van der Waals surface area contributed by atoms with E-state index in [0.29, 0.717) is 6.42 Å². The quantitative estimate of drug-likeness (QED) is 0.775. The van der Waals surface area contributed by atoms with Crippen LogP contribution in [0, 0.1) is 0 Å². The van der Waals surface area contributed by atoms with Crippen LogP contribution < -0.4 is 0 Å². The van der Waals surface area contributed by atoms with Gasteiger partial charge in [0.15, 0.2) is 0 Å². The van der Waals surface area contributed by atoms with Crippen molar-refractivity contribution in [1.82, 2.24) is 4.90 Å². The number of hydrogen-bond acceptors (Lipinski definition) is 3. The van der Waals surface area contributed by atoms with E-state index in [1.54, 1.807) is 0 Å². The lowest BCUT2D eigenvalue weighted by Gasteiger charge is -2.41. The van der Waals surface area contributed by atoms with Crippen molar-refractivity contribution in [1.29, 1.82) is 0 Å². The van der Waals surface area contributed by atoms with Crippen molar-refractivity contribution in [2.45, 2.75) is 36.1 Å². The molecule has 1 fully saturated rings. The van der Waals surface area contributed by atoms with Gasteiger partial charge in [0, 0.05) is 7.11 Å². The van der Waals surface area contributed by atoms with Gasteiger partial charge in [0.25, 0.3) is 0 Å². The van der Waals surface area contributed by atoms with Gasteiger partial charge in [-0.3, -0.25) is 9.69 Å². The first kappa shape index (κ1) is 15.2. The van der Waals surface area contributed by atoms with E-state index in [-0.39, 0.29) is 11.3 Å². The molecule has 18 heavy (non-hydrogen) atoms.